The van der Waals surface area contributed by atoms with Crippen molar-refractivity contribution in [1.82, 2.24) is 0 Å². The van der Waals surface area contributed by atoms with Gasteiger partial charge in [-0.25, -0.2) is 0 Å². The number of hydrogen-bond donors (Lipinski definition) is 1. The lowest BCUT2D eigenvalue weighted by Gasteiger charge is -1.99. The zero-order valence-electron chi connectivity index (χ0n) is 7.67. The van der Waals surface area contributed by atoms with Crippen molar-refractivity contribution in [3.63, 3.8) is 0 Å². The zero-order valence-corrected chi connectivity index (χ0v) is 9.26. The van der Waals surface area contributed by atoms with Gasteiger partial charge >= 0.3 is 5.97 Å². The Morgan fingerprint density at radius 3 is 2.93 bits per heavy atom. The van der Waals surface area contributed by atoms with E-state index in [4.69, 9.17) is 5.11 Å². The van der Waals surface area contributed by atoms with Crippen molar-refractivity contribution in [2.24, 2.45) is 0 Å². The van der Waals surface area contributed by atoms with Gasteiger partial charge in [0.15, 0.2) is 0 Å². The van der Waals surface area contributed by atoms with E-state index in [1.165, 1.54) is 0 Å². The van der Waals surface area contributed by atoms with E-state index >= 15 is 0 Å². The Balaban J connectivity index is 2.90. The average Bonchev–Trinajstić information content (AvgIpc) is 2.12. The molecule has 0 heterocycles. The van der Waals surface area contributed by atoms with Crippen molar-refractivity contribution in [2.45, 2.75) is 13.3 Å². The summed E-state index contributed by atoms with van der Waals surface area (Å²) in [6.07, 6.45) is -0.119. The fourth-order valence-electron chi connectivity index (χ4n) is 0.958. The van der Waals surface area contributed by atoms with Gasteiger partial charge in [0.25, 0.3) is 0 Å². The van der Waals surface area contributed by atoms with Crippen LogP contribution < -0.4 is 0 Å². The highest BCUT2D eigenvalue weighted by molar-refractivity contribution is 9.10. The highest BCUT2D eigenvalue weighted by Crippen LogP contribution is 2.18. The van der Waals surface area contributed by atoms with Crippen LogP contribution in [-0.4, -0.2) is 11.1 Å². The summed E-state index contributed by atoms with van der Waals surface area (Å²) in [4.78, 5) is 10.2. The van der Waals surface area contributed by atoms with Crippen LogP contribution in [0.1, 0.15) is 17.5 Å². The van der Waals surface area contributed by atoms with Gasteiger partial charge in [-0.05, 0) is 24.6 Å². The first-order valence-corrected chi connectivity index (χ1v) is 4.86. The molecule has 0 saturated carbocycles. The highest BCUT2D eigenvalue weighted by Gasteiger charge is 1.97. The maximum absolute atomic E-state index is 10.2. The first-order valence-electron chi connectivity index (χ1n) is 4.07. The number of halogens is 1. The molecule has 72 valence electrons. The van der Waals surface area contributed by atoms with Gasteiger partial charge in [0.1, 0.15) is 6.42 Å². The zero-order chi connectivity index (χ0) is 10.6. The van der Waals surface area contributed by atoms with Crippen LogP contribution >= 0.6 is 15.9 Å². The van der Waals surface area contributed by atoms with Gasteiger partial charge in [-0.3, -0.25) is 4.79 Å². The standard InChI is InChI=1S/C11H9BrO2/c1-8-9(4-2-6-10(8)12)5-3-7-11(13)14/h2,4,6H,7H2,1H3,(H,13,14). The number of hydrogen-bond acceptors (Lipinski definition) is 1. The Bertz CT molecular complexity index is 413. The molecule has 0 fully saturated rings. The first-order chi connectivity index (χ1) is 6.61. The van der Waals surface area contributed by atoms with Crippen molar-refractivity contribution in [3.05, 3.63) is 33.8 Å². The molecule has 0 aliphatic rings. The summed E-state index contributed by atoms with van der Waals surface area (Å²) >= 11 is 3.38. The van der Waals surface area contributed by atoms with E-state index in [-0.39, 0.29) is 6.42 Å². The first kappa shape index (κ1) is 10.8. The molecule has 1 rings (SSSR count). The highest BCUT2D eigenvalue weighted by atomic mass is 79.9. The van der Waals surface area contributed by atoms with Gasteiger partial charge in [0.2, 0.25) is 0 Å². The quantitative estimate of drug-likeness (QED) is 0.781. The SMILES string of the molecule is Cc1c(Br)cccc1C#CCC(=O)O. The molecule has 0 radical (unpaired) electrons. The average molecular weight is 253 g/mol. The molecule has 2 nitrogen and oxygen atoms in total. The lowest BCUT2D eigenvalue weighted by Crippen LogP contribution is -1.90. The predicted octanol–water partition coefficient (Wildman–Crippen LogP) is 2.58. The Morgan fingerprint density at radius 1 is 1.57 bits per heavy atom. The second-order valence-corrected chi connectivity index (χ2v) is 3.64. The summed E-state index contributed by atoms with van der Waals surface area (Å²) in [5, 5.41) is 8.40. The summed E-state index contributed by atoms with van der Waals surface area (Å²) in [5.41, 5.74) is 1.89. The topological polar surface area (TPSA) is 37.3 Å². The van der Waals surface area contributed by atoms with E-state index in [1.807, 2.05) is 25.1 Å². The van der Waals surface area contributed by atoms with Crippen LogP contribution in [0.25, 0.3) is 0 Å². The summed E-state index contributed by atoms with van der Waals surface area (Å²) in [7, 11) is 0. The second-order valence-electron chi connectivity index (χ2n) is 2.78. The monoisotopic (exact) mass is 252 g/mol. The van der Waals surface area contributed by atoms with Gasteiger partial charge in [-0.15, -0.1) is 0 Å². The molecule has 1 aromatic carbocycles. The van der Waals surface area contributed by atoms with E-state index in [0.717, 1.165) is 15.6 Å². The van der Waals surface area contributed by atoms with Gasteiger partial charge in [0.05, 0.1) is 0 Å². The maximum Gasteiger partial charge on any atom is 0.315 e. The van der Waals surface area contributed by atoms with Crippen LogP contribution in [0.2, 0.25) is 0 Å². The van der Waals surface area contributed by atoms with Crippen LogP contribution in [0, 0.1) is 18.8 Å². The molecular formula is C11H9BrO2. The number of carbonyl (C=O) groups is 1. The summed E-state index contributed by atoms with van der Waals surface area (Å²) in [6.45, 7) is 1.94. The van der Waals surface area contributed by atoms with Gasteiger partial charge < -0.3 is 5.11 Å². The molecule has 0 atom stereocenters. The van der Waals surface area contributed by atoms with E-state index in [1.54, 1.807) is 0 Å². The van der Waals surface area contributed by atoms with Gasteiger partial charge in [0, 0.05) is 10.0 Å². The number of rotatable bonds is 1. The molecule has 0 aliphatic heterocycles. The normalized spacial score (nSPS) is 9.00. The number of carboxylic acid groups (broad SMARTS) is 1. The lowest BCUT2D eigenvalue weighted by molar-refractivity contribution is -0.135. The summed E-state index contributed by atoms with van der Waals surface area (Å²) in [5.74, 6) is 4.53. The molecule has 1 N–H and O–H groups in total. The third kappa shape index (κ3) is 2.90. The molecule has 0 spiro atoms. The lowest BCUT2D eigenvalue weighted by atomic mass is 10.1. The fourth-order valence-corrected chi connectivity index (χ4v) is 1.32. The predicted molar refractivity (Wildman–Crippen MR) is 58.0 cm³/mol. The maximum atomic E-state index is 10.2. The van der Waals surface area contributed by atoms with Crippen molar-refractivity contribution >= 4 is 21.9 Å². The Morgan fingerprint density at radius 2 is 2.29 bits per heavy atom. The van der Waals surface area contributed by atoms with E-state index in [2.05, 4.69) is 27.8 Å². The van der Waals surface area contributed by atoms with Crippen LogP contribution in [0.4, 0.5) is 0 Å². The molecule has 0 unspecified atom stereocenters. The Kier molecular flexibility index (Phi) is 3.73. The van der Waals surface area contributed by atoms with E-state index in [0.29, 0.717) is 0 Å². The minimum Gasteiger partial charge on any atom is -0.481 e. The molecule has 14 heavy (non-hydrogen) atoms. The Hall–Kier alpha value is -1.27. The molecule has 0 aromatic heterocycles. The molecule has 0 aliphatic carbocycles. The van der Waals surface area contributed by atoms with Crippen LogP contribution in [0.3, 0.4) is 0 Å². The van der Waals surface area contributed by atoms with Crippen LogP contribution in [-0.2, 0) is 4.79 Å². The van der Waals surface area contributed by atoms with E-state index < -0.39 is 5.97 Å². The molecule has 0 amide bonds. The Labute approximate surface area is 91.1 Å². The third-order valence-electron chi connectivity index (χ3n) is 1.73. The molecule has 1 aromatic rings. The molecular weight excluding hydrogens is 244 g/mol. The van der Waals surface area contributed by atoms with E-state index in [9.17, 15) is 4.79 Å². The second kappa shape index (κ2) is 4.83. The van der Waals surface area contributed by atoms with Crippen molar-refractivity contribution < 1.29 is 9.90 Å². The minimum atomic E-state index is -0.898. The molecule has 3 heteroatoms. The number of carboxylic acids is 1. The van der Waals surface area contributed by atoms with Crippen molar-refractivity contribution in [3.8, 4) is 11.8 Å². The number of aliphatic carboxylic acids is 1. The summed E-state index contributed by atoms with van der Waals surface area (Å²) in [6, 6.07) is 5.68. The number of benzene rings is 1. The third-order valence-corrected chi connectivity index (χ3v) is 2.59. The van der Waals surface area contributed by atoms with Crippen molar-refractivity contribution in [2.75, 3.05) is 0 Å². The largest absolute Gasteiger partial charge is 0.481 e. The van der Waals surface area contributed by atoms with Crippen LogP contribution in [0.15, 0.2) is 22.7 Å². The van der Waals surface area contributed by atoms with Gasteiger partial charge in [-0.2, -0.15) is 0 Å². The molecule has 0 saturated heterocycles. The minimum absolute atomic E-state index is 0.119. The van der Waals surface area contributed by atoms with Gasteiger partial charge in [-0.1, -0.05) is 33.8 Å². The fraction of sp³-hybridized carbons (Fsp3) is 0.182. The molecule has 0 bridgehead atoms. The smallest absolute Gasteiger partial charge is 0.315 e. The van der Waals surface area contributed by atoms with Crippen molar-refractivity contribution in [1.29, 1.82) is 0 Å². The van der Waals surface area contributed by atoms with Crippen LogP contribution in [0.5, 0.6) is 0 Å². The summed E-state index contributed by atoms with van der Waals surface area (Å²) < 4.78 is 0.986.